The smallest absolute Gasteiger partial charge is 0.119 e. The lowest BCUT2D eigenvalue weighted by molar-refractivity contribution is -0.00000610. The molecule has 0 fully saturated rings. The van der Waals surface area contributed by atoms with E-state index in [-0.39, 0.29) is 17.0 Å². The Kier molecular flexibility index (Phi) is 6.60. The largest absolute Gasteiger partial charge is 1.00 e. The van der Waals surface area contributed by atoms with Crippen LogP contribution < -0.4 is 37.6 Å². The van der Waals surface area contributed by atoms with E-state index >= 15 is 0 Å². The van der Waals surface area contributed by atoms with Gasteiger partial charge >= 0.3 is 0 Å². The molecule has 0 saturated heterocycles. The number of hydrogen-bond acceptors (Lipinski definition) is 1. The molecule has 1 nitrogen and oxygen atoms in total. The van der Waals surface area contributed by atoms with Crippen molar-refractivity contribution in [3.63, 3.8) is 0 Å². The van der Waals surface area contributed by atoms with Crippen LogP contribution in [0.2, 0.25) is 0 Å². The summed E-state index contributed by atoms with van der Waals surface area (Å²) >= 11 is 0. The van der Waals surface area contributed by atoms with E-state index in [0.717, 1.165) is 18.6 Å². The van der Waals surface area contributed by atoms with Gasteiger partial charge in [-0.25, -0.2) is 0 Å². The Bertz CT molecular complexity index is 1030. The summed E-state index contributed by atoms with van der Waals surface area (Å²) < 4.78 is 5.52. The Labute approximate surface area is 196 Å². The van der Waals surface area contributed by atoms with Crippen LogP contribution in [-0.2, 0) is 6.42 Å². The van der Waals surface area contributed by atoms with Crippen molar-refractivity contribution in [2.24, 2.45) is 0 Å². The third-order valence-corrected chi connectivity index (χ3v) is 11.2. The minimum atomic E-state index is -1.90. The number of rotatable bonds is 5. The SMILES string of the molecule is COc1ccc2c(c1)CCC2[P+](c1ccccc1)(c1ccccc1)c1ccccc1.[Br-]. The molecule has 0 amide bonds. The number of benzene rings is 4. The van der Waals surface area contributed by atoms with Crippen LogP contribution in [0.25, 0.3) is 0 Å². The molecule has 31 heavy (non-hydrogen) atoms. The van der Waals surface area contributed by atoms with Crippen molar-refractivity contribution in [2.45, 2.75) is 18.5 Å². The standard InChI is InChI=1S/C28H26OP.BrH/c1-29-23-18-19-27-22(21-23)17-20-28(27)30(24-11-5-2-6-12-24,25-13-7-3-8-14-25)26-15-9-4-10-16-26;/h2-16,18-19,21,28H,17,20H2,1H3;1H/q+1;/p-1. The number of methoxy groups -OCH3 is 1. The molecule has 0 heterocycles. The van der Waals surface area contributed by atoms with Gasteiger partial charge in [-0.1, -0.05) is 60.7 Å². The first-order valence-electron chi connectivity index (χ1n) is 10.6. The molecule has 0 saturated carbocycles. The lowest BCUT2D eigenvalue weighted by Crippen LogP contribution is -3.00. The average molecular weight is 489 g/mol. The van der Waals surface area contributed by atoms with Gasteiger partial charge in [-0.15, -0.1) is 0 Å². The molecule has 3 heteroatoms. The van der Waals surface area contributed by atoms with Gasteiger partial charge in [-0.3, -0.25) is 0 Å². The second kappa shape index (κ2) is 9.39. The molecule has 4 aromatic carbocycles. The number of fused-ring (bicyclic) bond motifs is 1. The van der Waals surface area contributed by atoms with Crippen LogP contribution in [-0.4, -0.2) is 7.11 Å². The summed E-state index contributed by atoms with van der Waals surface area (Å²) in [5.74, 6) is 0.956. The molecule has 1 atom stereocenters. The van der Waals surface area contributed by atoms with Crippen molar-refractivity contribution in [1.29, 1.82) is 0 Å². The first-order chi connectivity index (χ1) is 14.8. The van der Waals surface area contributed by atoms with Crippen molar-refractivity contribution in [2.75, 3.05) is 7.11 Å². The Morgan fingerprint density at radius 3 is 1.61 bits per heavy atom. The lowest BCUT2D eigenvalue weighted by atomic mass is 10.1. The third-order valence-electron chi connectivity index (χ3n) is 6.35. The maximum atomic E-state index is 5.52. The second-order valence-corrected chi connectivity index (χ2v) is 11.5. The van der Waals surface area contributed by atoms with Crippen LogP contribution in [0.1, 0.15) is 23.2 Å². The zero-order valence-corrected chi connectivity index (χ0v) is 20.1. The first-order valence-corrected chi connectivity index (χ1v) is 12.4. The molecule has 0 spiro atoms. The van der Waals surface area contributed by atoms with Gasteiger partial charge in [-0.2, -0.15) is 0 Å². The minimum Gasteiger partial charge on any atom is -1.00 e. The highest BCUT2D eigenvalue weighted by Crippen LogP contribution is 2.70. The number of halogens is 1. The average Bonchev–Trinajstić information content (AvgIpc) is 3.25. The molecular formula is C28H26BrOP. The molecule has 1 aliphatic rings. The fourth-order valence-corrected chi connectivity index (χ4v) is 10.2. The van der Waals surface area contributed by atoms with Crippen LogP contribution in [0.4, 0.5) is 0 Å². The summed E-state index contributed by atoms with van der Waals surface area (Å²) in [5.41, 5.74) is 3.39. The van der Waals surface area contributed by atoms with E-state index < -0.39 is 7.26 Å². The van der Waals surface area contributed by atoms with Crippen LogP contribution in [0.5, 0.6) is 5.75 Å². The highest BCUT2D eigenvalue weighted by atomic mass is 79.9. The van der Waals surface area contributed by atoms with E-state index in [1.54, 1.807) is 7.11 Å². The van der Waals surface area contributed by atoms with Gasteiger partial charge in [0.1, 0.15) is 34.6 Å². The normalized spacial score (nSPS) is 15.1. The number of ether oxygens (including phenoxy) is 1. The molecular weight excluding hydrogens is 463 g/mol. The minimum absolute atomic E-state index is 0. The van der Waals surface area contributed by atoms with Crippen molar-refractivity contribution >= 4 is 23.2 Å². The highest BCUT2D eigenvalue weighted by molar-refractivity contribution is 7.96. The molecule has 5 rings (SSSR count). The summed E-state index contributed by atoms with van der Waals surface area (Å²) in [4.78, 5) is 0. The van der Waals surface area contributed by atoms with Gasteiger partial charge in [0, 0.05) is 0 Å². The molecule has 156 valence electrons. The van der Waals surface area contributed by atoms with Crippen LogP contribution in [0, 0.1) is 0 Å². The topological polar surface area (TPSA) is 9.23 Å². The van der Waals surface area contributed by atoms with E-state index in [1.807, 2.05) is 0 Å². The van der Waals surface area contributed by atoms with Gasteiger partial charge in [0.25, 0.3) is 0 Å². The van der Waals surface area contributed by atoms with E-state index in [4.69, 9.17) is 4.74 Å². The fraction of sp³-hybridized carbons (Fsp3) is 0.143. The van der Waals surface area contributed by atoms with Crippen LogP contribution in [0.3, 0.4) is 0 Å². The van der Waals surface area contributed by atoms with Crippen molar-refractivity contribution in [3.05, 3.63) is 120 Å². The number of aryl methyl sites for hydroxylation is 1. The molecule has 0 bridgehead atoms. The monoisotopic (exact) mass is 488 g/mol. The summed E-state index contributed by atoms with van der Waals surface area (Å²) in [6.45, 7) is 0. The van der Waals surface area contributed by atoms with Crippen molar-refractivity contribution in [1.82, 2.24) is 0 Å². The van der Waals surface area contributed by atoms with E-state index in [1.165, 1.54) is 27.0 Å². The Balaban J connectivity index is 0.00000231. The maximum absolute atomic E-state index is 5.52. The maximum Gasteiger partial charge on any atom is 0.119 e. The predicted octanol–water partition coefficient (Wildman–Crippen LogP) is 2.68. The summed E-state index contributed by atoms with van der Waals surface area (Å²) in [7, 11) is -0.144. The van der Waals surface area contributed by atoms with Gasteiger partial charge in [0.05, 0.1) is 7.11 Å². The van der Waals surface area contributed by atoms with Gasteiger partial charge in [-0.05, 0) is 72.5 Å². The molecule has 4 aromatic rings. The molecule has 0 aliphatic heterocycles. The quantitative estimate of drug-likeness (QED) is 0.392. The Morgan fingerprint density at radius 2 is 1.16 bits per heavy atom. The summed E-state index contributed by atoms with van der Waals surface area (Å²) in [5, 5.41) is 4.36. The van der Waals surface area contributed by atoms with Crippen LogP contribution >= 0.6 is 7.26 Å². The summed E-state index contributed by atoms with van der Waals surface area (Å²) in [6.07, 6.45) is 2.26. The molecule has 0 N–H and O–H groups in total. The van der Waals surface area contributed by atoms with Crippen molar-refractivity contribution < 1.29 is 21.7 Å². The zero-order valence-electron chi connectivity index (χ0n) is 17.6. The molecule has 1 aliphatic carbocycles. The van der Waals surface area contributed by atoms with Crippen molar-refractivity contribution in [3.8, 4) is 5.75 Å². The molecule has 0 radical (unpaired) electrons. The second-order valence-electron chi connectivity index (χ2n) is 7.85. The molecule has 1 unspecified atom stereocenters. The van der Waals surface area contributed by atoms with Gasteiger partial charge in [0.15, 0.2) is 0 Å². The number of hydrogen-bond donors (Lipinski definition) is 0. The highest BCUT2D eigenvalue weighted by Gasteiger charge is 2.54. The van der Waals surface area contributed by atoms with E-state index in [0.29, 0.717) is 5.66 Å². The fourth-order valence-electron chi connectivity index (χ4n) is 5.08. The summed E-state index contributed by atoms with van der Waals surface area (Å²) in [6, 6.07) is 40.3. The predicted molar refractivity (Wildman–Crippen MR) is 129 cm³/mol. The van der Waals surface area contributed by atoms with E-state index in [9.17, 15) is 0 Å². The van der Waals surface area contributed by atoms with Gasteiger partial charge in [0.2, 0.25) is 0 Å². The zero-order chi connectivity index (χ0) is 20.4. The van der Waals surface area contributed by atoms with Crippen LogP contribution in [0.15, 0.2) is 109 Å². The van der Waals surface area contributed by atoms with E-state index in [2.05, 4.69) is 109 Å². The third kappa shape index (κ3) is 3.73. The van der Waals surface area contributed by atoms with Gasteiger partial charge < -0.3 is 21.7 Å². The Hall–Kier alpha value is -2.41. The molecule has 0 aromatic heterocycles. The first kappa shape index (κ1) is 21.8. The lowest BCUT2D eigenvalue weighted by Gasteiger charge is -2.33. The Morgan fingerprint density at radius 1 is 0.677 bits per heavy atom.